The third kappa shape index (κ3) is 4.34. The summed E-state index contributed by atoms with van der Waals surface area (Å²) in [5, 5.41) is 4.71. The molecule has 1 aromatic carbocycles. The maximum Gasteiger partial charge on any atom is 0.252 e. The van der Waals surface area contributed by atoms with Crippen LogP contribution in [0.5, 0.6) is 0 Å². The van der Waals surface area contributed by atoms with Gasteiger partial charge in [0.25, 0.3) is 15.9 Å². The van der Waals surface area contributed by atoms with Gasteiger partial charge in [0.15, 0.2) is 0 Å². The van der Waals surface area contributed by atoms with Gasteiger partial charge >= 0.3 is 0 Å². The Bertz CT molecular complexity index is 847. The molecular formula is C19H24N2O3S2. The normalized spacial score (nSPS) is 18.6. The zero-order chi connectivity index (χ0) is 18.6. The Labute approximate surface area is 159 Å². The zero-order valence-corrected chi connectivity index (χ0v) is 16.5. The second-order valence-electron chi connectivity index (χ2n) is 6.61. The van der Waals surface area contributed by atoms with Gasteiger partial charge in [0, 0.05) is 24.7 Å². The molecule has 0 saturated carbocycles. The van der Waals surface area contributed by atoms with Gasteiger partial charge in [-0.25, -0.2) is 8.42 Å². The van der Waals surface area contributed by atoms with E-state index in [1.165, 1.54) is 11.3 Å². The van der Waals surface area contributed by atoms with E-state index in [1.807, 2.05) is 25.1 Å². The van der Waals surface area contributed by atoms with Crippen LogP contribution < -0.4 is 5.32 Å². The number of nitrogens with one attached hydrogen (secondary N) is 1. The van der Waals surface area contributed by atoms with Gasteiger partial charge in [-0.1, -0.05) is 30.2 Å². The molecule has 1 aliphatic rings. The van der Waals surface area contributed by atoms with Crippen molar-refractivity contribution < 1.29 is 13.2 Å². The molecule has 1 unspecified atom stereocenters. The van der Waals surface area contributed by atoms with E-state index in [9.17, 15) is 13.2 Å². The molecule has 0 bridgehead atoms. The van der Waals surface area contributed by atoms with Crippen LogP contribution in [-0.2, 0) is 10.0 Å². The Kier molecular flexibility index (Phi) is 6.11. The van der Waals surface area contributed by atoms with Crippen molar-refractivity contribution in [1.82, 2.24) is 9.62 Å². The highest BCUT2D eigenvalue weighted by Crippen LogP contribution is 2.29. The molecule has 2 aromatic rings. The average Bonchev–Trinajstić information content (AvgIpc) is 3.17. The van der Waals surface area contributed by atoms with Crippen LogP contribution >= 0.6 is 11.3 Å². The van der Waals surface area contributed by atoms with Crippen LogP contribution in [0.1, 0.15) is 41.6 Å². The zero-order valence-electron chi connectivity index (χ0n) is 14.8. The molecule has 26 heavy (non-hydrogen) atoms. The van der Waals surface area contributed by atoms with E-state index >= 15 is 0 Å². The molecule has 0 aliphatic carbocycles. The van der Waals surface area contributed by atoms with Gasteiger partial charge in [-0.2, -0.15) is 4.31 Å². The largest absolute Gasteiger partial charge is 0.352 e. The molecule has 2 heterocycles. The van der Waals surface area contributed by atoms with Gasteiger partial charge in [-0.3, -0.25) is 4.79 Å². The number of carbonyl (C=O) groups excluding carboxylic acids is 1. The average molecular weight is 393 g/mol. The summed E-state index contributed by atoms with van der Waals surface area (Å²) >= 11 is 1.25. The Hall–Kier alpha value is -1.70. The number of nitrogens with zero attached hydrogens (tertiary/aromatic N) is 1. The summed E-state index contributed by atoms with van der Waals surface area (Å²) < 4.78 is 27.8. The molecule has 0 radical (unpaired) electrons. The number of benzene rings is 1. The van der Waals surface area contributed by atoms with Crippen LogP contribution in [0.15, 0.2) is 46.0 Å². The van der Waals surface area contributed by atoms with Crippen molar-refractivity contribution in [2.75, 3.05) is 13.1 Å². The predicted molar refractivity (Wildman–Crippen MR) is 104 cm³/mol. The van der Waals surface area contributed by atoms with Crippen LogP contribution in [0.3, 0.4) is 0 Å². The summed E-state index contributed by atoms with van der Waals surface area (Å²) in [4.78, 5) is 12.3. The fourth-order valence-corrected chi connectivity index (χ4v) is 6.19. The summed E-state index contributed by atoms with van der Waals surface area (Å²) in [5.74, 6) is -0.114. The van der Waals surface area contributed by atoms with Crippen molar-refractivity contribution in [3.63, 3.8) is 0 Å². The number of sulfonamides is 1. The minimum atomic E-state index is -3.44. The Balaban J connectivity index is 1.61. The lowest BCUT2D eigenvalue weighted by Crippen LogP contribution is -2.44. The van der Waals surface area contributed by atoms with E-state index in [4.69, 9.17) is 0 Å². The predicted octanol–water partition coefficient (Wildman–Crippen LogP) is 3.42. The molecule has 140 valence electrons. The molecule has 0 spiro atoms. The summed E-state index contributed by atoms with van der Waals surface area (Å²) in [5.41, 5.74) is 1.68. The Morgan fingerprint density at radius 1 is 1.27 bits per heavy atom. The number of aryl methyl sites for hydroxylation is 1. The van der Waals surface area contributed by atoms with Crippen LogP contribution in [0.2, 0.25) is 0 Å². The summed E-state index contributed by atoms with van der Waals surface area (Å²) in [6.45, 7) is 2.97. The number of carbonyl (C=O) groups is 1. The minimum Gasteiger partial charge on any atom is -0.352 e. The molecular weight excluding hydrogens is 368 g/mol. The first-order chi connectivity index (χ1) is 12.5. The summed E-state index contributed by atoms with van der Waals surface area (Å²) in [6, 6.07) is 10.8. The maximum absolute atomic E-state index is 12.9. The van der Waals surface area contributed by atoms with Crippen LogP contribution in [0.4, 0.5) is 0 Å². The van der Waals surface area contributed by atoms with Crippen molar-refractivity contribution in [2.24, 2.45) is 0 Å². The molecule has 1 atom stereocenters. The fourth-order valence-electron chi connectivity index (χ4n) is 3.35. The number of hydrogen-bond acceptors (Lipinski definition) is 4. The van der Waals surface area contributed by atoms with Crippen molar-refractivity contribution >= 4 is 27.3 Å². The second-order valence-corrected chi connectivity index (χ2v) is 9.68. The molecule has 1 aromatic heterocycles. The smallest absolute Gasteiger partial charge is 0.252 e. The van der Waals surface area contributed by atoms with Gasteiger partial charge in [0.05, 0.1) is 0 Å². The molecule has 1 fully saturated rings. The van der Waals surface area contributed by atoms with E-state index in [2.05, 4.69) is 5.32 Å². The minimum absolute atomic E-state index is 0.0614. The first-order valence-corrected chi connectivity index (χ1v) is 11.2. The standard InChI is InChI=1S/C19H24N2O3S2/c1-15-6-4-7-16(14-15)19(22)20-11-10-17-8-2-3-12-21(17)26(23,24)18-9-5-13-25-18/h4-7,9,13-14,17H,2-3,8,10-12H2,1H3,(H,20,22). The van der Waals surface area contributed by atoms with Crippen molar-refractivity contribution in [1.29, 1.82) is 0 Å². The van der Waals surface area contributed by atoms with Crippen molar-refractivity contribution in [3.05, 3.63) is 52.9 Å². The van der Waals surface area contributed by atoms with Crippen LogP contribution in [-0.4, -0.2) is 37.8 Å². The Morgan fingerprint density at radius 3 is 2.85 bits per heavy atom. The molecule has 3 rings (SSSR count). The topological polar surface area (TPSA) is 66.5 Å². The number of hydrogen-bond donors (Lipinski definition) is 1. The summed E-state index contributed by atoms with van der Waals surface area (Å²) in [6.07, 6.45) is 3.37. The SMILES string of the molecule is Cc1cccc(C(=O)NCCC2CCCCN2S(=O)(=O)c2cccs2)c1. The number of amides is 1. The lowest BCUT2D eigenvalue weighted by molar-refractivity contribution is 0.0949. The van der Waals surface area contributed by atoms with Gasteiger partial charge in [-0.05, 0) is 49.8 Å². The summed E-state index contributed by atoms with van der Waals surface area (Å²) in [7, 11) is -3.44. The molecule has 5 nitrogen and oxygen atoms in total. The third-order valence-electron chi connectivity index (χ3n) is 4.67. The number of rotatable bonds is 6. The second kappa shape index (κ2) is 8.33. The van der Waals surface area contributed by atoms with Crippen LogP contribution in [0.25, 0.3) is 0 Å². The van der Waals surface area contributed by atoms with E-state index < -0.39 is 10.0 Å². The number of piperidine rings is 1. The van der Waals surface area contributed by atoms with Gasteiger partial charge in [0.1, 0.15) is 4.21 Å². The molecule has 1 aliphatic heterocycles. The lowest BCUT2D eigenvalue weighted by Gasteiger charge is -2.34. The lowest BCUT2D eigenvalue weighted by atomic mass is 10.0. The quantitative estimate of drug-likeness (QED) is 0.819. The van der Waals surface area contributed by atoms with E-state index in [1.54, 1.807) is 27.9 Å². The van der Waals surface area contributed by atoms with Gasteiger partial charge in [-0.15, -0.1) is 11.3 Å². The third-order valence-corrected chi connectivity index (χ3v) is 8.00. The molecule has 1 amide bonds. The van der Waals surface area contributed by atoms with Crippen molar-refractivity contribution in [3.8, 4) is 0 Å². The maximum atomic E-state index is 12.9. The van der Waals surface area contributed by atoms with E-state index in [0.717, 1.165) is 24.8 Å². The number of thiophene rings is 1. The highest BCUT2D eigenvalue weighted by atomic mass is 32.2. The Morgan fingerprint density at radius 2 is 2.12 bits per heavy atom. The van der Waals surface area contributed by atoms with Crippen molar-refractivity contribution in [2.45, 2.75) is 42.9 Å². The monoisotopic (exact) mass is 392 g/mol. The van der Waals surface area contributed by atoms with Crippen LogP contribution in [0, 0.1) is 6.92 Å². The molecule has 1 saturated heterocycles. The first-order valence-electron chi connectivity index (χ1n) is 8.89. The van der Waals surface area contributed by atoms with E-state index in [-0.39, 0.29) is 11.9 Å². The first kappa shape index (κ1) is 19.1. The molecule has 1 N–H and O–H groups in total. The van der Waals surface area contributed by atoms with E-state index in [0.29, 0.717) is 29.3 Å². The fraction of sp³-hybridized carbons (Fsp3) is 0.421. The molecule has 7 heteroatoms. The highest BCUT2D eigenvalue weighted by molar-refractivity contribution is 7.91. The van der Waals surface area contributed by atoms with Gasteiger partial charge < -0.3 is 5.32 Å². The van der Waals surface area contributed by atoms with Gasteiger partial charge in [0.2, 0.25) is 0 Å². The highest BCUT2D eigenvalue weighted by Gasteiger charge is 2.33.